The van der Waals surface area contributed by atoms with Gasteiger partial charge in [0.1, 0.15) is 5.69 Å². The molecule has 1 unspecified atom stereocenters. The van der Waals surface area contributed by atoms with Crippen molar-refractivity contribution >= 4 is 29.0 Å². The third-order valence-corrected chi connectivity index (χ3v) is 7.45. The molecule has 4 aromatic rings. The lowest BCUT2D eigenvalue weighted by Crippen LogP contribution is -2.52. The summed E-state index contributed by atoms with van der Waals surface area (Å²) in [5, 5.41) is 2.82. The molecule has 2 aromatic heterocycles. The van der Waals surface area contributed by atoms with E-state index < -0.39 is 17.5 Å². The molecule has 0 saturated carbocycles. The molecule has 2 aromatic carbocycles. The van der Waals surface area contributed by atoms with Crippen LogP contribution in [0.1, 0.15) is 21.7 Å². The Balaban J connectivity index is 1.18. The molecular weight excluding hydrogens is 483 g/mol. The van der Waals surface area contributed by atoms with Gasteiger partial charge in [-0.05, 0) is 48.7 Å². The van der Waals surface area contributed by atoms with Gasteiger partial charge in [0.2, 0.25) is 5.95 Å². The fraction of sp³-hybridized carbons (Fsp3) is 0.241. The molecule has 8 nitrogen and oxygen atoms in total. The summed E-state index contributed by atoms with van der Waals surface area (Å²) in [4.78, 5) is 39.1. The highest BCUT2D eigenvalue weighted by Crippen LogP contribution is 2.36. The average Bonchev–Trinajstić information content (AvgIpc) is 3.44. The Kier molecular flexibility index (Phi) is 5.90. The lowest BCUT2D eigenvalue weighted by molar-refractivity contribution is -0.112. The molecule has 38 heavy (non-hydrogen) atoms. The lowest BCUT2D eigenvalue weighted by atomic mass is 10.0. The summed E-state index contributed by atoms with van der Waals surface area (Å²) < 4.78 is 15.0. The van der Waals surface area contributed by atoms with Crippen molar-refractivity contribution in [2.75, 3.05) is 34.8 Å². The van der Waals surface area contributed by atoms with Crippen LogP contribution in [0.15, 0.2) is 67.0 Å². The van der Waals surface area contributed by atoms with E-state index >= 15 is 0 Å². The summed E-state index contributed by atoms with van der Waals surface area (Å²) in [7, 11) is 1.80. The monoisotopic (exact) mass is 510 g/mol. The van der Waals surface area contributed by atoms with Crippen LogP contribution in [0.25, 0.3) is 11.1 Å². The zero-order chi connectivity index (χ0) is 26.4. The van der Waals surface area contributed by atoms with Crippen molar-refractivity contribution in [3.63, 3.8) is 0 Å². The topological polar surface area (TPSA) is 83.4 Å². The highest BCUT2D eigenvalue weighted by molar-refractivity contribution is 6.47. The number of amides is 1. The fourth-order valence-corrected chi connectivity index (χ4v) is 5.50. The van der Waals surface area contributed by atoms with Crippen LogP contribution in [0, 0.1) is 12.7 Å². The number of aromatic nitrogens is 3. The highest BCUT2D eigenvalue weighted by Gasteiger charge is 2.35. The number of rotatable bonds is 5. The molecule has 9 heteroatoms. The zero-order valence-electron chi connectivity index (χ0n) is 21.2. The summed E-state index contributed by atoms with van der Waals surface area (Å²) in [6, 6.07) is 17.6. The molecule has 0 radical (unpaired) electrons. The largest absolute Gasteiger partial charge is 0.364 e. The average molecular weight is 511 g/mol. The number of Topliss-reactive ketones (excluding diaryl/α,β-unsaturated/α-hetero) is 1. The number of hydrogen-bond donors (Lipinski definition) is 1. The predicted octanol–water partition coefficient (Wildman–Crippen LogP) is 4.00. The first kappa shape index (κ1) is 23.8. The molecule has 0 bridgehead atoms. The second-order valence-electron chi connectivity index (χ2n) is 9.80. The maximum Gasteiger partial charge on any atom is 0.298 e. The van der Waals surface area contributed by atoms with Crippen LogP contribution in [0.4, 0.5) is 21.7 Å². The Morgan fingerprint density at radius 3 is 2.55 bits per heavy atom. The van der Waals surface area contributed by atoms with E-state index in [-0.39, 0.29) is 6.04 Å². The normalized spacial score (nSPS) is 16.2. The molecule has 2 aliphatic heterocycles. The molecular formula is C29H27FN6O2. The lowest BCUT2D eigenvalue weighted by Gasteiger charge is -2.39. The van der Waals surface area contributed by atoms with E-state index in [1.165, 1.54) is 12.4 Å². The molecule has 0 spiro atoms. The number of nitrogens with zero attached hydrogens (tertiary/aromatic N) is 5. The number of hydrogen-bond acceptors (Lipinski definition) is 6. The van der Waals surface area contributed by atoms with Crippen molar-refractivity contribution in [2.24, 2.45) is 7.05 Å². The number of aryl methyl sites for hydroxylation is 1. The highest BCUT2D eigenvalue weighted by atomic mass is 19.1. The number of anilines is 3. The number of benzene rings is 2. The van der Waals surface area contributed by atoms with Crippen LogP contribution in [-0.4, -0.2) is 51.9 Å². The molecule has 1 atom stereocenters. The number of fused-ring (bicyclic) bond motifs is 3. The third kappa shape index (κ3) is 4.19. The number of ketones is 1. The standard InChI is InChI=1S/C29H27FN6O2/c1-18-12-24(19-6-4-3-5-7-19)26(34(18)2)27(37)28(38)33-22-8-9-25-20(13-22)14-23-17-35(10-11-36(23)25)29-31-15-21(30)16-32-29/h3-9,12-13,15-16,23H,10-11,14,17H2,1-2H3,(H,33,38). The molecule has 4 heterocycles. The van der Waals surface area contributed by atoms with Gasteiger partial charge in [-0.15, -0.1) is 0 Å². The van der Waals surface area contributed by atoms with E-state index in [9.17, 15) is 14.0 Å². The van der Waals surface area contributed by atoms with Crippen molar-refractivity contribution in [3.05, 3.63) is 89.8 Å². The number of nitrogens with one attached hydrogen (secondary N) is 1. The Bertz CT molecular complexity index is 1530. The van der Waals surface area contributed by atoms with Gasteiger partial charge >= 0.3 is 0 Å². The van der Waals surface area contributed by atoms with Gasteiger partial charge < -0.3 is 19.7 Å². The fourth-order valence-electron chi connectivity index (χ4n) is 5.50. The Hall–Kier alpha value is -4.53. The van der Waals surface area contributed by atoms with Crippen molar-refractivity contribution in [1.82, 2.24) is 14.5 Å². The number of halogens is 1. The molecule has 2 aliphatic rings. The van der Waals surface area contributed by atoms with Crippen molar-refractivity contribution in [2.45, 2.75) is 19.4 Å². The first-order chi connectivity index (χ1) is 18.4. The van der Waals surface area contributed by atoms with Crippen LogP contribution >= 0.6 is 0 Å². The smallest absolute Gasteiger partial charge is 0.298 e. The minimum Gasteiger partial charge on any atom is -0.364 e. The van der Waals surface area contributed by atoms with Gasteiger partial charge in [-0.3, -0.25) is 9.59 Å². The molecule has 1 fully saturated rings. The summed E-state index contributed by atoms with van der Waals surface area (Å²) in [5.41, 5.74) is 5.73. The Morgan fingerprint density at radius 2 is 1.79 bits per heavy atom. The van der Waals surface area contributed by atoms with Crippen LogP contribution < -0.4 is 15.1 Å². The first-order valence-corrected chi connectivity index (χ1v) is 12.6. The minimum absolute atomic E-state index is 0.222. The van der Waals surface area contributed by atoms with E-state index in [4.69, 9.17) is 0 Å². The van der Waals surface area contributed by atoms with Gasteiger partial charge in [0.25, 0.3) is 11.7 Å². The number of piperazine rings is 1. The van der Waals surface area contributed by atoms with E-state index in [0.29, 0.717) is 17.3 Å². The van der Waals surface area contributed by atoms with E-state index in [2.05, 4.69) is 25.1 Å². The number of carbonyl (C=O) groups is 2. The quantitative estimate of drug-likeness (QED) is 0.323. The maximum atomic E-state index is 13.3. The van der Waals surface area contributed by atoms with Crippen LogP contribution in [0.2, 0.25) is 0 Å². The maximum absolute atomic E-state index is 13.3. The molecule has 0 aliphatic carbocycles. The first-order valence-electron chi connectivity index (χ1n) is 12.6. The van der Waals surface area contributed by atoms with Crippen molar-refractivity contribution in [3.8, 4) is 11.1 Å². The van der Waals surface area contributed by atoms with E-state index in [1.807, 2.05) is 61.5 Å². The molecule has 1 amide bonds. The second kappa shape index (κ2) is 9.41. The van der Waals surface area contributed by atoms with Gasteiger partial charge in [-0.25, -0.2) is 14.4 Å². The molecule has 192 valence electrons. The summed E-state index contributed by atoms with van der Waals surface area (Å²) in [5.74, 6) is -1.17. The van der Waals surface area contributed by atoms with E-state index in [0.717, 1.165) is 54.1 Å². The predicted molar refractivity (Wildman–Crippen MR) is 144 cm³/mol. The van der Waals surface area contributed by atoms with Crippen LogP contribution in [0.3, 0.4) is 0 Å². The van der Waals surface area contributed by atoms with Gasteiger partial charge in [0.15, 0.2) is 5.82 Å². The molecule has 1 N–H and O–H groups in total. The van der Waals surface area contributed by atoms with Gasteiger partial charge in [-0.1, -0.05) is 30.3 Å². The second-order valence-corrected chi connectivity index (χ2v) is 9.80. The number of carbonyl (C=O) groups excluding carboxylic acids is 2. The van der Waals surface area contributed by atoms with Crippen LogP contribution in [-0.2, 0) is 18.3 Å². The van der Waals surface area contributed by atoms with Gasteiger partial charge in [-0.2, -0.15) is 0 Å². The van der Waals surface area contributed by atoms with Crippen LogP contribution in [0.5, 0.6) is 0 Å². The van der Waals surface area contributed by atoms with Gasteiger partial charge in [0.05, 0.1) is 18.4 Å². The summed E-state index contributed by atoms with van der Waals surface area (Å²) >= 11 is 0. The molecule has 6 rings (SSSR count). The third-order valence-electron chi connectivity index (χ3n) is 7.45. The zero-order valence-corrected chi connectivity index (χ0v) is 21.2. The SMILES string of the molecule is Cc1cc(-c2ccccc2)c(C(=O)C(=O)Nc2ccc3c(c2)CC2CN(c4ncc(F)cn4)CCN32)n1C. The summed E-state index contributed by atoms with van der Waals surface area (Å²) in [6.07, 6.45) is 3.17. The Morgan fingerprint density at radius 1 is 1.03 bits per heavy atom. The minimum atomic E-state index is -0.668. The molecule has 1 saturated heterocycles. The van der Waals surface area contributed by atoms with Crippen molar-refractivity contribution in [1.29, 1.82) is 0 Å². The van der Waals surface area contributed by atoms with Gasteiger partial charge in [0, 0.05) is 49.3 Å². The summed E-state index contributed by atoms with van der Waals surface area (Å²) in [6.45, 7) is 4.15. The van der Waals surface area contributed by atoms with E-state index in [1.54, 1.807) is 11.6 Å². The van der Waals surface area contributed by atoms with Crippen molar-refractivity contribution < 1.29 is 14.0 Å². The Labute approximate surface area is 219 Å².